The second-order valence-corrected chi connectivity index (χ2v) is 6.42. The maximum Gasteiger partial charge on any atom is 0.147 e. The first-order valence-corrected chi connectivity index (χ1v) is 9.10. The van der Waals surface area contributed by atoms with Crippen LogP contribution in [0.5, 0.6) is 5.75 Å². The van der Waals surface area contributed by atoms with E-state index >= 15 is 0 Å². The van der Waals surface area contributed by atoms with Crippen molar-refractivity contribution in [3.8, 4) is 5.75 Å². The Morgan fingerprint density at radius 3 is 2.52 bits per heavy atom. The minimum atomic E-state index is -0.287. The van der Waals surface area contributed by atoms with Crippen molar-refractivity contribution in [3.05, 3.63) is 95.9 Å². The Morgan fingerprint density at radius 1 is 0.889 bits per heavy atom. The second-order valence-electron chi connectivity index (χ2n) is 6.42. The van der Waals surface area contributed by atoms with Gasteiger partial charge in [-0.05, 0) is 36.2 Å². The summed E-state index contributed by atoms with van der Waals surface area (Å²) in [6.45, 7) is 2.13. The molecule has 2 aromatic heterocycles. The monoisotopic (exact) mass is 355 g/mol. The molecule has 0 spiro atoms. The van der Waals surface area contributed by atoms with Gasteiger partial charge in [0.2, 0.25) is 0 Å². The van der Waals surface area contributed by atoms with E-state index in [1.54, 1.807) is 12.4 Å². The number of hydrogen-bond acceptors (Lipinski definition) is 4. The van der Waals surface area contributed by atoms with Crippen LogP contribution in [0.2, 0.25) is 0 Å². The van der Waals surface area contributed by atoms with Crippen LogP contribution in [0.15, 0.2) is 79.1 Å². The molecule has 2 aromatic carbocycles. The molecule has 134 valence electrons. The third-order valence-electron chi connectivity index (χ3n) is 4.77. The highest BCUT2D eigenvalue weighted by Crippen LogP contribution is 2.36. The fraction of sp³-hybridized carbons (Fsp3) is 0.130. The SMILES string of the molecule is CCc1ccccc1N[C@H](c1ccccn1)c1ccc2cccnc2c1O. The lowest BCUT2D eigenvalue weighted by molar-refractivity contribution is 0.471. The van der Waals surface area contributed by atoms with Crippen molar-refractivity contribution in [2.45, 2.75) is 19.4 Å². The molecular weight excluding hydrogens is 334 g/mol. The number of aryl methyl sites for hydroxylation is 1. The summed E-state index contributed by atoms with van der Waals surface area (Å²) >= 11 is 0. The molecule has 2 heterocycles. The number of benzene rings is 2. The fourth-order valence-electron chi connectivity index (χ4n) is 3.36. The molecule has 1 atom stereocenters. The van der Waals surface area contributed by atoms with Crippen LogP contribution in [0.25, 0.3) is 10.9 Å². The minimum absolute atomic E-state index is 0.185. The standard InChI is InChI=1S/C23H21N3O/c1-2-16-8-3-4-10-19(16)26-22(20-11-5-6-14-24-20)18-13-12-17-9-7-15-25-21(17)23(18)27/h3-15,22,26-27H,2H2,1H3/t22-/m0/s1. The van der Waals surface area contributed by atoms with E-state index < -0.39 is 0 Å². The van der Waals surface area contributed by atoms with Gasteiger partial charge >= 0.3 is 0 Å². The van der Waals surface area contributed by atoms with Gasteiger partial charge in [-0.1, -0.05) is 49.4 Å². The van der Waals surface area contributed by atoms with Crippen molar-refractivity contribution < 1.29 is 5.11 Å². The number of phenolic OH excluding ortho intramolecular Hbond substituents is 1. The van der Waals surface area contributed by atoms with Crippen molar-refractivity contribution in [2.75, 3.05) is 5.32 Å². The Balaban J connectivity index is 1.85. The molecule has 0 aliphatic carbocycles. The Bertz CT molecular complexity index is 1060. The third-order valence-corrected chi connectivity index (χ3v) is 4.77. The average Bonchev–Trinajstić information content (AvgIpc) is 2.74. The number of para-hydroxylation sites is 1. The Labute approximate surface area is 158 Å². The number of nitrogens with one attached hydrogen (secondary N) is 1. The molecule has 0 fully saturated rings. The van der Waals surface area contributed by atoms with Crippen LogP contribution < -0.4 is 5.32 Å². The third kappa shape index (κ3) is 3.34. The summed E-state index contributed by atoms with van der Waals surface area (Å²) in [4.78, 5) is 8.89. The number of phenols is 1. The summed E-state index contributed by atoms with van der Waals surface area (Å²) in [5, 5.41) is 15.5. The van der Waals surface area contributed by atoms with E-state index in [1.165, 1.54) is 5.56 Å². The number of nitrogens with zero attached hydrogens (tertiary/aromatic N) is 2. The summed E-state index contributed by atoms with van der Waals surface area (Å²) in [6.07, 6.45) is 4.39. The van der Waals surface area contributed by atoms with Crippen LogP contribution in [-0.4, -0.2) is 15.1 Å². The lowest BCUT2D eigenvalue weighted by Crippen LogP contribution is -2.15. The lowest BCUT2D eigenvalue weighted by Gasteiger charge is -2.23. The van der Waals surface area contributed by atoms with Crippen molar-refractivity contribution in [3.63, 3.8) is 0 Å². The topological polar surface area (TPSA) is 58.0 Å². The molecule has 0 radical (unpaired) electrons. The molecule has 0 unspecified atom stereocenters. The Kier molecular flexibility index (Phi) is 4.71. The van der Waals surface area contributed by atoms with Gasteiger partial charge in [0.15, 0.2) is 0 Å². The number of fused-ring (bicyclic) bond motifs is 1. The van der Waals surface area contributed by atoms with Crippen LogP contribution >= 0.6 is 0 Å². The first kappa shape index (κ1) is 17.0. The van der Waals surface area contributed by atoms with Gasteiger partial charge in [0.1, 0.15) is 11.3 Å². The number of aromatic nitrogens is 2. The molecular formula is C23H21N3O. The van der Waals surface area contributed by atoms with Crippen molar-refractivity contribution in [2.24, 2.45) is 0 Å². The van der Waals surface area contributed by atoms with Gasteiger partial charge in [-0.15, -0.1) is 0 Å². The number of hydrogen-bond donors (Lipinski definition) is 2. The maximum absolute atomic E-state index is 11.0. The minimum Gasteiger partial charge on any atom is -0.505 e. The van der Waals surface area contributed by atoms with Crippen LogP contribution in [0.3, 0.4) is 0 Å². The number of pyridine rings is 2. The molecule has 2 N–H and O–H groups in total. The van der Waals surface area contributed by atoms with E-state index in [0.717, 1.165) is 28.8 Å². The predicted molar refractivity (Wildman–Crippen MR) is 109 cm³/mol. The molecule has 4 aromatic rings. The van der Waals surface area contributed by atoms with E-state index in [1.807, 2.05) is 54.6 Å². The van der Waals surface area contributed by atoms with Gasteiger partial charge in [0.25, 0.3) is 0 Å². The lowest BCUT2D eigenvalue weighted by atomic mass is 9.98. The van der Waals surface area contributed by atoms with E-state index in [9.17, 15) is 5.11 Å². The van der Waals surface area contributed by atoms with Crippen LogP contribution in [0.1, 0.15) is 29.8 Å². The first-order chi connectivity index (χ1) is 13.3. The van der Waals surface area contributed by atoms with E-state index in [0.29, 0.717) is 5.52 Å². The summed E-state index contributed by atoms with van der Waals surface area (Å²) in [5.41, 5.74) is 4.45. The first-order valence-electron chi connectivity index (χ1n) is 9.10. The van der Waals surface area contributed by atoms with Gasteiger partial charge in [0.05, 0.1) is 11.7 Å². The molecule has 0 aliphatic rings. The number of rotatable bonds is 5. The van der Waals surface area contributed by atoms with Gasteiger partial charge in [-0.25, -0.2) is 0 Å². The molecule has 0 amide bonds. The maximum atomic E-state index is 11.0. The van der Waals surface area contributed by atoms with Crippen molar-refractivity contribution >= 4 is 16.6 Å². The number of aromatic hydroxyl groups is 1. The zero-order valence-electron chi connectivity index (χ0n) is 15.1. The van der Waals surface area contributed by atoms with Crippen LogP contribution in [-0.2, 0) is 6.42 Å². The molecule has 4 nitrogen and oxygen atoms in total. The van der Waals surface area contributed by atoms with Crippen molar-refractivity contribution in [1.82, 2.24) is 9.97 Å². The van der Waals surface area contributed by atoms with E-state index in [-0.39, 0.29) is 11.8 Å². The molecule has 4 heteroatoms. The van der Waals surface area contributed by atoms with E-state index in [4.69, 9.17) is 0 Å². The average molecular weight is 355 g/mol. The molecule has 4 rings (SSSR count). The van der Waals surface area contributed by atoms with Gasteiger partial charge in [-0.3, -0.25) is 9.97 Å². The number of anilines is 1. The largest absolute Gasteiger partial charge is 0.505 e. The van der Waals surface area contributed by atoms with Crippen LogP contribution in [0.4, 0.5) is 5.69 Å². The van der Waals surface area contributed by atoms with E-state index in [2.05, 4.69) is 34.3 Å². The molecule has 27 heavy (non-hydrogen) atoms. The highest BCUT2D eigenvalue weighted by molar-refractivity contribution is 5.86. The Hall–Kier alpha value is -3.40. The second kappa shape index (κ2) is 7.46. The fourth-order valence-corrected chi connectivity index (χ4v) is 3.36. The summed E-state index contributed by atoms with van der Waals surface area (Å²) in [5.74, 6) is 0.185. The normalized spacial score (nSPS) is 12.0. The predicted octanol–water partition coefficient (Wildman–Crippen LogP) is 5.10. The zero-order valence-corrected chi connectivity index (χ0v) is 15.1. The highest BCUT2D eigenvalue weighted by Gasteiger charge is 2.21. The smallest absolute Gasteiger partial charge is 0.147 e. The highest BCUT2D eigenvalue weighted by atomic mass is 16.3. The Morgan fingerprint density at radius 2 is 1.70 bits per heavy atom. The summed E-state index contributed by atoms with van der Waals surface area (Å²) in [6, 6.07) is 21.5. The molecule has 0 aliphatic heterocycles. The molecule has 0 bridgehead atoms. The quantitative estimate of drug-likeness (QED) is 0.523. The molecule has 0 saturated carbocycles. The summed E-state index contributed by atoms with van der Waals surface area (Å²) < 4.78 is 0. The van der Waals surface area contributed by atoms with Gasteiger partial charge < -0.3 is 10.4 Å². The molecule has 0 saturated heterocycles. The van der Waals surface area contributed by atoms with Crippen molar-refractivity contribution in [1.29, 1.82) is 0 Å². The summed E-state index contributed by atoms with van der Waals surface area (Å²) in [7, 11) is 0. The van der Waals surface area contributed by atoms with Crippen LogP contribution in [0, 0.1) is 0 Å². The van der Waals surface area contributed by atoms with Gasteiger partial charge in [0, 0.05) is 29.0 Å². The zero-order chi connectivity index (χ0) is 18.6. The van der Waals surface area contributed by atoms with Gasteiger partial charge in [-0.2, -0.15) is 0 Å².